The van der Waals surface area contributed by atoms with Crippen molar-refractivity contribution in [2.75, 3.05) is 19.8 Å². The van der Waals surface area contributed by atoms with E-state index in [9.17, 15) is 0 Å². The number of rotatable bonds is 4. The van der Waals surface area contributed by atoms with Crippen molar-refractivity contribution >= 4 is 0 Å². The molecule has 1 saturated carbocycles. The number of ether oxygens (including phenoxy) is 1. The SMILES string of the molecule is C1COCC(NCCC2CC2)C1. The fourth-order valence-electron chi connectivity index (χ4n) is 1.80. The maximum atomic E-state index is 5.39. The van der Waals surface area contributed by atoms with E-state index >= 15 is 0 Å². The Balaban J connectivity index is 1.52. The van der Waals surface area contributed by atoms with Gasteiger partial charge in [-0.25, -0.2) is 0 Å². The van der Waals surface area contributed by atoms with Gasteiger partial charge >= 0.3 is 0 Å². The number of hydrogen-bond donors (Lipinski definition) is 1. The molecule has 2 aliphatic rings. The Kier molecular flexibility index (Phi) is 3.01. The van der Waals surface area contributed by atoms with Crippen LogP contribution < -0.4 is 5.32 Å². The Bertz CT molecular complexity index is 128. The summed E-state index contributed by atoms with van der Waals surface area (Å²) in [7, 11) is 0. The van der Waals surface area contributed by atoms with Crippen LogP contribution in [0, 0.1) is 5.92 Å². The lowest BCUT2D eigenvalue weighted by atomic mass is 10.1. The molecule has 0 aromatic heterocycles. The minimum absolute atomic E-state index is 0.650. The van der Waals surface area contributed by atoms with Gasteiger partial charge < -0.3 is 10.1 Å². The van der Waals surface area contributed by atoms with E-state index < -0.39 is 0 Å². The van der Waals surface area contributed by atoms with Crippen molar-refractivity contribution in [2.45, 2.75) is 38.1 Å². The van der Waals surface area contributed by atoms with E-state index in [1.165, 1.54) is 38.6 Å². The maximum absolute atomic E-state index is 5.39. The van der Waals surface area contributed by atoms with Crippen molar-refractivity contribution in [3.05, 3.63) is 0 Å². The van der Waals surface area contributed by atoms with Gasteiger partial charge in [0.1, 0.15) is 0 Å². The fourth-order valence-corrected chi connectivity index (χ4v) is 1.80. The van der Waals surface area contributed by atoms with Gasteiger partial charge in [-0.3, -0.25) is 0 Å². The van der Waals surface area contributed by atoms with Gasteiger partial charge in [-0.05, 0) is 31.7 Å². The molecular formula is C10H19NO. The lowest BCUT2D eigenvalue weighted by Crippen LogP contribution is -2.37. The van der Waals surface area contributed by atoms with Crippen LogP contribution in [0.1, 0.15) is 32.1 Å². The number of hydrogen-bond acceptors (Lipinski definition) is 2. The Morgan fingerprint density at radius 1 is 1.25 bits per heavy atom. The minimum atomic E-state index is 0.650. The normalized spacial score (nSPS) is 30.5. The van der Waals surface area contributed by atoms with E-state index in [-0.39, 0.29) is 0 Å². The summed E-state index contributed by atoms with van der Waals surface area (Å²) in [6.07, 6.45) is 6.88. The van der Waals surface area contributed by atoms with Gasteiger partial charge in [0.2, 0.25) is 0 Å². The smallest absolute Gasteiger partial charge is 0.0619 e. The molecule has 1 unspecified atom stereocenters. The summed E-state index contributed by atoms with van der Waals surface area (Å²) in [5, 5.41) is 3.57. The first-order valence-electron chi connectivity index (χ1n) is 5.26. The third kappa shape index (κ3) is 2.76. The molecule has 0 radical (unpaired) electrons. The standard InChI is InChI=1S/C10H19NO/c1-2-10(8-12-7-1)11-6-5-9-3-4-9/h9-11H,1-8H2. The molecule has 0 spiro atoms. The first-order chi connectivity index (χ1) is 5.95. The first kappa shape index (κ1) is 8.52. The molecule has 2 heteroatoms. The summed E-state index contributed by atoms with van der Waals surface area (Å²) in [4.78, 5) is 0. The highest BCUT2D eigenvalue weighted by Crippen LogP contribution is 2.31. The van der Waals surface area contributed by atoms with E-state index in [1.807, 2.05) is 0 Å². The van der Waals surface area contributed by atoms with Gasteiger partial charge in [0, 0.05) is 12.6 Å². The molecule has 1 N–H and O–H groups in total. The zero-order chi connectivity index (χ0) is 8.23. The molecule has 12 heavy (non-hydrogen) atoms. The molecule has 1 aliphatic carbocycles. The molecule has 1 aliphatic heterocycles. The van der Waals surface area contributed by atoms with E-state index in [0.717, 1.165) is 19.1 Å². The largest absolute Gasteiger partial charge is 0.380 e. The second-order valence-corrected chi connectivity index (χ2v) is 4.10. The van der Waals surface area contributed by atoms with Crippen molar-refractivity contribution in [2.24, 2.45) is 5.92 Å². The Morgan fingerprint density at radius 3 is 2.83 bits per heavy atom. The summed E-state index contributed by atoms with van der Waals surface area (Å²) < 4.78 is 5.39. The third-order valence-electron chi connectivity index (χ3n) is 2.84. The van der Waals surface area contributed by atoms with Crippen LogP contribution in [0.5, 0.6) is 0 Å². The second-order valence-electron chi connectivity index (χ2n) is 4.10. The molecule has 2 nitrogen and oxygen atoms in total. The van der Waals surface area contributed by atoms with E-state index in [0.29, 0.717) is 6.04 Å². The van der Waals surface area contributed by atoms with E-state index in [4.69, 9.17) is 4.74 Å². The molecule has 2 rings (SSSR count). The highest BCUT2D eigenvalue weighted by Gasteiger charge is 2.21. The topological polar surface area (TPSA) is 21.3 Å². The molecular weight excluding hydrogens is 150 g/mol. The van der Waals surface area contributed by atoms with Gasteiger partial charge in [-0.2, -0.15) is 0 Å². The van der Waals surface area contributed by atoms with Crippen LogP contribution >= 0.6 is 0 Å². The van der Waals surface area contributed by atoms with Crippen LogP contribution in [-0.4, -0.2) is 25.8 Å². The average Bonchev–Trinajstić information content (AvgIpc) is 2.90. The van der Waals surface area contributed by atoms with E-state index in [1.54, 1.807) is 0 Å². The quantitative estimate of drug-likeness (QED) is 0.689. The van der Waals surface area contributed by atoms with Crippen LogP contribution in [-0.2, 0) is 4.74 Å². The minimum Gasteiger partial charge on any atom is -0.380 e. The molecule has 0 amide bonds. The molecule has 0 aromatic carbocycles. The van der Waals surface area contributed by atoms with Crippen molar-refractivity contribution < 1.29 is 4.74 Å². The van der Waals surface area contributed by atoms with Gasteiger partial charge in [-0.1, -0.05) is 12.8 Å². The average molecular weight is 169 g/mol. The van der Waals surface area contributed by atoms with Crippen molar-refractivity contribution in [3.63, 3.8) is 0 Å². The third-order valence-corrected chi connectivity index (χ3v) is 2.84. The lowest BCUT2D eigenvalue weighted by Gasteiger charge is -2.23. The monoisotopic (exact) mass is 169 g/mol. The predicted molar refractivity (Wildman–Crippen MR) is 49.2 cm³/mol. The van der Waals surface area contributed by atoms with Crippen LogP contribution in [0.2, 0.25) is 0 Å². The molecule has 2 fully saturated rings. The first-order valence-corrected chi connectivity index (χ1v) is 5.26. The summed E-state index contributed by atoms with van der Waals surface area (Å²) >= 11 is 0. The van der Waals surface area contributed by atoms with Crippen molar-refractivity contribution in [1.82, 2.24) is 5.32 Å². The molecule has 1 atom stereocenters. The van der Waals surface area contributed by atoms with Gasteiger partial charge in [0.05, 0.1) is 6.61 Å². The fraction of sp³-hybridized carbons (Fsp3) is 1.00. The predicted octanol–water partition coefficient (Wildman–Crippen LogP) is 1.56. The van der Waals surface area contributed by atoms with Gasteiger partial charge in [0.15, 0.2) is 0 Å². The zero-order valence-corrected chi connectivity index (χ0v) is 7.72. The molecule has 0 bridgehead atoms. The van der Waals surface area contributed by atoms with Gasteiger partial charge in [-0.15, -0.1) is 0 Å². The highest BCUT2D eigenvalue weighted by atomic mass is 16.5. The van der Waals surface area contributed by atoms with Crippen molar-refractivity contribution in [1.29, 1.82) is 0 Å². The Hall–Kier alpha value is -0.0800. The maximum Gasteiger partial charge on any atom is 0.0619 e. The van der Waals surface area contributed by atoms with Gasteiger partial charge in [0.25, 0.3) is 0 Å². The number of nitrogens with one attached hydrogen (secondary N) is 1. The Morgan fingerprint density at radius 2 is 2.17 bits per heavy atom. The molecule has 0 aromatic rings. The zero-order valence-electron chi connectivity index (χ0n) is 7.72. The summed E-state index contributed by atoms with van der Waals surface area (Å²) in [5.41, 5.74) is 0. The Labute approximate surface area is 74.7 Å². The second kappa shape index (κ2) is 4.24. The molecule has 1 saturated heterocycles. The summed E-state index contributed by atoms with van der Waals surface area (Å²) in [6, 6.07) is 0.650. The van der Waals surface area contributed by atoms with Crippen LogP contribution in [0.4, 0.5) is 0 Å². The molecule has 70 valence electrons. The van der Waals surface area contributed by atoms with Crippen LogP contribution in [0.25, 0.3) is 0 Å². The van der Waals surface area contributed by atoms with Crippen molar-refractivity contribution in [3.8, 4) is 0 Å². The van der Waals surface area contributed by atoms with Crippen LogP contribution in [0.15, 0.2) is 0 Å². The summed E-state index contributed by atoms with van der Waals surface area (Å²) in [5.74, 6) is 1.06. The summed E-state index contributed by atoms with van der Waals surface area (Å²) in [6.45, 7) is 3.12. The highest BCUT2D eigenvalue weighted by molar-refractivity contribution is 4.76. The lowest BCUT2D eigenvalue weighted by molar-refractivity contribution is 0.0704. The van der Waals surface area contributed by atoms with Crippen LogP contribution in [0.3, 0.4) is 0 Å². The molecule has 1 heterocycles. The van der Waals surface area contributed by atoms with E-state index in [2.05, 4.69) is 5.32 Å².